The van der Waals surface area contributed by atoms with E-state index in [1.807, 2.05) is 41.3 Å². The molecule has 1 saturated heterocycles. The largest absolute Gasteiger partial charge is 0.339 e. The normalized spacial score (nSPS) is 18.2. The smallest absolute Gasteiger partial charge is 0.259 e. The van der Waals surface area contributed by atoms with Crippen molar-refractivity contribution in [2.45, 2.75) is 6.42 Å². The zero-order chi connectivity index (χ0) is 22.2. The van der Waals surface area contributed by atoms with Gasteiger partial charge in [0.25, 0.3) is 5.91 Å². The Bertz CT molecular complexity index is 1070. The lowest BCUT2D eigenvalue weighted by atomic mass is 10.1. The summed E-state index contributed by atoms with van der Waals surface area (Å²) in [4.78, 5) is 45.6. The van der Waals surface area contributed by atoms with Gasteiger partial charge in [0.1, 0.15) is 6.54 Å². The Kier molecular flexibility index (Phi) is 5.27. The molecule has 0 unspecified atom stereocenters. The van der Waals surface area contributed by atoms with Crippen LogP contribution < -0.4 is 4.90 Å². The van der Waals surface area contributed by atoms with E-state index in [9.17, 15) is 14.4 Å². The third-order valence-corrected chi connectivity index (χ3v) is 6.60. The maximum Gasteiger partial charge on any atom is 0.259 e. The third-order valence-electron chi connectivity index (χ3n) is 6.60. The van der Waals surface area contributed by atoms with Crippen molar-refractivity contribution >= 4 is 29.1 Å². The van der Waals surface area contributed by atoms with Crippen LogP contribution in [-0.4, -0.2) is 78.2 Å². The number of hydrogen-bond donors (Lipinski definition) is 0. The summed E-state index contributed by atoms with van der Waals surface area (Å²) in [6.07, 6.45) is 0.897. The number of benzene rings is 2. The monoisotopic (exact) mass is 430 g/mol. The summed E-state index contributed by atoms with van der Waals surface area (Å²) in [5.74, 6) is -0.160. The molecule has 0 saturated carbocycles. The molecule has 1 fully saturated rings. The SMILES string of the molecule is C=C1c2ccccc2C(=O)N1CC(=O)N1CCN(CC(=O)N2CCc3ccccc32)CC1. The molecule has 0 N–H and O–H groups in total. The second-order valence-corrected chi connectivity index (χ2v) is 8.46. The molecule has 3 aliphatic rings. The quantitative estimate of drug-likeness (QED) is 0.743. The van der Waals surface area contributed by atoms with E-state index in [0.29, 0.717) is 44.0 Å². The van der Waals surface area contributed by atoms with Crippen molar-refractivity contribution in [3.05, 3.63) is 71.8 Å². The molecule has 32 heavy (non-hydrogen) atoms. The van der Waals surface area contributed by atoms with Gasteiger partial charge in [0.15, 0.2) is 0 Å². The fraction of sp³-hybridized carbons (Fsp3) is 0.320. The fourth-order valence-corrected chi connectivity index (χ4v) is 4.77. The van der Waals surface area contributed by atoms with Gasteiger partial charge in [-0.3, -0.25) is 24.2 Å². The summed E-state index contributed by atoms with van der Waals surface area (Å²) in [5.41, 5.74) is 4.20. The third kappa shape index (κ3) is 3.58. The molecule has 7 nitrogen and oxygen atoms in total. The molecule has 164 valence electrons. The Morgan fingerprint density at radius 1 is 0.812 bits per heavy atom. The number of amides is 3. The lowest BCUT2D eigenvalue weighted by Crippen LogP contribution is -2.53. The van der Waals surface area contributed by atoms with Crippen LogP contribution in [0.1, 0.15) is 21.5 Å². The Hall–Kier alpha value is -3.45. The van der Waals surface area contributed by atoms with Crippen LogP contribution in [0.4, 0.5) is 5.69 Å². The van der Waals surface area contributed by atoms with Gasteiger partial charge in [0, 0.05) is 55.2 Å². The van der Waals surface area contributed by atoms with E-state index in [1.54, 1.807) is 11.0 Å². The minimum Gasteiger partial charge on any atom is -0.339 e. The highest BCUT2D eigenvalue weighted by atomic mass is 16.2. The fourth-order valence-electron chi connectivity index (χ4n) is 4.77. The van der Waals surface area contributed by atoms with Crippen LogP contribution in [0.5, 0.6) is 0 Å². The number of fused-ring (bicyclic) bond motifs is 2. The second kappa shape index (κ2) is 8.24. The van der Waals surface area contributed by atoms with Gasteiger partial charge in [0.2, 0.25) is 11.8 Å². The van der Waals surface area contributed by atoms with E-state index < -0.39 is 0 Å². The van der Waals surface area contributed by atoms with Crippen molar-refractivity contribution in [2.24, 2.45) is 0 Å². The predicted octanol–water partition coefficient (Wildman–Crippen LogP) is 1.85. The van der Waals surface area contributed by atoms with Crippen LogP contribution in [0.25, 0.3) is 5.70 Å². The maximum absolute atomic E-state index is 12.9. The van der Waals surface area contributed by atoms with Crippen molar-refractivity contribution < 1.29 is 14.4 Å². The van der Waals surface area contributed by atoms with Gasteiger partial charge >= 0.3 is 0 Å². The summed E-state index contributed by atoms with van der Waals surface area (Å²) >= 11 is 0. The summed E-state index contributed by atoms with van der Waals surface area (Å²) in [7, 11) is 0. The highest BCUT2D eigenvalue weighted by Crippen LogP contribution is 2.31. The number of anilines is 1. The zero-order valence-corrected chi connectivity index (χ0v) is 18.0. The molecule has 0 aromatic heterocycles. The molecule has 5 rings (SSSR count). The van der Waals surface area contributed by atoms with Crippen LogP contribution >= 0.6 is 0 Å². The number of carbonyl (C=O) groups excluding carboxylic acids is 3. The van der Waals surface area contributed by atoms with Crippen LogP contribution in [-0.2, 0) is 16.0 Å². The van der Waals surface area contributed by atoms with Crippen molar-refractivity contribution in [3.63, 3.8) is 0 Å². The lowest BCUT2D eigenvalue weighted by Gasteiger charge is -2.35. The molecular weight excluding hydrogens is 404 g/mol. The lowest BCUT2D eigenvalue weighted by molar-refractivity contribution is -0.133. The van der Waals surface area contributed by atoms with Gasteiger partial charge in [-0.1, -0.05) is 43.0 Å². The standard InChI is InChI=1S/C25H26N4O3/c1-18-20-7-3-4-8-21(20)25(32)29(18)17-23(30)27-14-12-26(13-15-27)16-24(31)28-11-10-19-6-2-5-9-22(19)28/h2-9H,1,10-17H2. The molecule has 0 radical (unpaired) electrons. The first kappa shape index (κ1) is 20.5. The summed E-state index contributed by atoms with van der Waals surface area (Å²) in [6.45, 7) is 7.46. The molecule has 0 bridgehead atoms. The van der Waals surface area contributed by atoms with Crippen molar-refractivity contribution in [2.75, 3.05) is 50.7 Å². The van der Waals surface area contributed by atoms with Crippen LogP contribution in [0.3, 0.4) is 0 Å². The average molecular weight is 431 g/mol. The molecule has 7 heteroatoms. The summed E-state index contributed by atoms with van der Waals surface area (Å²) in [6, 6.07) is 15.4. The Morgan fingerprint density at radius 3 is 2.25 bits per heavy atom. The highest BCUT2D eigenvalue weighted by molar-refractivity contribution is 6.10. The number of hydrogen-bond acceptors (Lipinski definition) is 4. The van der Waals surface area contributed by atoms with Gasteiger partial charge in [-0.05, 0) is 24.1 Å². The van der Waals surface area contributed by atoms with Gasteiger partial charge in [-0.25, -0.2) is 0 Å². The van der Waals surface area contributed by atoms with Crippen LogP contribution in [0.2, 0.25) is 0 Å². The van der Waals surface area contributed by atoms with Crippen molar-refractivity contribution in [1.82, 2.24) is 14.7 Å². The van der Waals surface area contributed by atoms with Gasteiger partial charge in [0.05, 0.1) is 6.54 Å². The maximum atomic E-state index is 12.9. The molecule has 0 atom stereocenters. The van der Waals surface area contributed by atoms with E-state index in [2.05, 4.69) is 17.5 Å². The van der Waals surface area contributed by atoms with E-state index in [4.69, 9.17) is 0 Å². The predicted molar refractivity (Wildman–Crippen MR) is 122 cm³/mol. The minimum atomic E-state index is -0.172. The number of rotatable bonds is 4. The van der Waals surface area contributed by atoms with Gasteiger partial charge in [-0.2, -0.15) is 0 Å². The Balaban J connectivity index is 1.14. The van der Waals surface area contributed by atoms with Crippen LogP contribution in [0, 0.1) is 0 Å². The van der Waals surface area contributed by atoms with E-state index in [-0.39, 0.29) is 24.3 Å². The molecule has 3 amide bonds. The first-order chi connectivity index (χ1) is 15.5. The molecule has 0 spiro atoms. The molecule has 2 aromatic carbocycles. The van der Waals surface area contributed by atoms with Crippen molar-refractivity contribution in [3.8, 4) is 0 Å². The van der Waals surface area contributed by atoms with Gasteiger partial charge in [-0.15, -0.1) is 0 Å². The Labute approximate surface area is 187 Å². The topological polar surface area (TPSA) is 64.2 Å². The first-order valence-electron chi connectivity index (χ1n) is 11.0. The number of nitrogens with zero attached hydrogens (tertiary/aromatic N) is 4. The minimum absolute atomic E-state index is 0.00413. The van der Waals surface area contributed by atoms with E-state index >= 15 is 0 Å². The van der Waals surface area contributed by atoms with Gasteiger partial charge < -0.3 is 9.80 Å². The Morgan fingerprint density at radius 2 is 1.50 bits per heavy atom. The molecular formula is C25H26N4O3. The van der Waals surface area contributed by atoms with E-state index in [1.165, 1.54) is 10.5 Å². The second-order valence-electron chi connectivity index (χ2n) is 8.46. The molecule has 3 heterocycles. The molecule has 0 aliphatic carbocycles. The molecule has 2 aromatic rings. The number of piperazine rings is 1. The highest BCUT2D eigenvalue weighted by Gasteiger charge is 2.34. The van der Waals surface area contributed by atoms with E-state index in [0.717, 1.165) is 24.2 Å². The summed E-state index contributed by atoms with van der Waals surface area (Å²) in [5, 5.41) is 0. The number of carbonyl (C=O) groups is 3. The average Bonchev–Trinajstić information content (AvgIpc) is 3.35. The van der Waals surface area contributed by atoms with Crippen LogP contribution in [0.15, 0.2) is 55.1 Å². The molecule has 3 aliphatic heterocycles. The summed E-state index contributed by atoms with van der Waals surface area (Å²) < 4.78 is 0. The van der Waals surface area contributed by atoms with Crippen molar-refractivity contribution in [1.29, 1.82) is 0 Å². The number of para-hydroxylation sites is 1. The zero-order valence-electron chi connectivity index (χ0n) is 18.0. The first-order valence-corrected chi connectivity index (χ1v) is 11.0.